The van der Waals surface area contributed by atoms with Crippen LogP contribution in [0.5, 0.6) is 0 Å². The van der Waals surface area contributed by atoms with Crippen molar-refractivity contribution in [2.45, 2.75) is 19.4 Å². The van der Waals surface area contributed by atoms with Crippen molar-refractivity contribution in [2.75, 3.05) is 6.54 Å². The molecule has 1 saturated heterocycles. The van der Waals surface area contributed by atoms with E-state index in [4.69, 9.17) is 0 Å². The first-order valence-electron chi connectivity index (χ1n) is 2.54. The second-order valence-corrected chi connectivity index (χ2v) is 1.91. The predicted octanol–water partition coefficient (Wildman–Crippen LogP) is 0.359. The first-order chi connectivity index (χ1) is 3.30. The molecule has 48 valence electrons. The van der Waals surface area contributed by atoms with Crippen LogP contribution in [-0.4, -0.2) is 18.4 Å². The molecule has 0 aromatic carbocycles. The minimum Gasteiger partial charge on any atom is -0.307 e. The summed E-state index contributed by atoms with van der Waals surface area (Å²) in [4.78, 5) is 10.4. The van der Waals surface area contributed by atoms with Crippen molar-refractivity contribution in [3.63, 3.8) is 0 Å². The largest absolute Gasteiger partial charge is 0.307 e. The van der Waals surface area contributed by atoms with E-state index in [0.29, 0.717) is 0 Å². The molecule has 1 aliphatic heterocycles. The molecule has 0 radical (unpaired) electrons. The zero-order valence-electron chi connectivity index (χ0n) is 4.81. The van der Waals surface area contributed by atoms with Gasteiger partial charge in [-0.25, -0.2) is 0 Å². The molecule has 2 nitrogen and oxygen atoms in total. The van der Waals surface area contributed by atoms with Crippen LogP contribution < -0.4 is 5.32 Å². The quantitative estimate of drug-likeness (QED) is 0.563. The molecule has 1 aliphatic rings. The fourth-order valence-corrected chi connectivity index (χ4v) is 0.636. The summed E-state index contributed by atoms with van der Waals surface area (Å²) in [5, 5.41) is 3.00. The van der Waals surface area contributed by atoms with Crippen LogP contribution in [0.1, 0.15) is 13.3 Å². The van der Waals surface area contributed by atoms with Gasteiger partial charge in [-0.1, -0.05) is 0 Å². The first-order valence-corrected chi connectivity index (χ1v) is 2.54. The molecule has 0 saturated carbocycles. The van der Waals surface area contributed by atoms with Gasteiger partial charge in [0.05, 0.1) is 6.04 Å². The van der Waals surface area contributed by atoms with Crippen LogP contribution >= 0.6 is 12.4 Å². The lowest BCUT2D eigenvalue weighted by atomic mass is 10.0. The third-order valence-electron chi connectivity index (χ3n) is 1.31. The van der Waals surface area contributed by atoms with E-state index in [0.717, 1.165) is 13.0 Å². The van der Waals surface area contributed by atoms with Crippen LogP contribution in [0.4, 0.5) is 0 Å². The fraction of sp³-hybridized carbons (Fsp3) is 0.800. The van der Waals surface area contributed by atoms with Gasteiger partial charge < -0.3 is 5.32 Å². The van der Waals surface area contributed by atoms with Gasteiger partial charge in [0.25, 0.3) is 0 Å². The van der Waals surface area contributed by atoms with Crippen LogP contribution in [0, 0.1) is 0 Å². The van der Waals surface area contributed by atoms with E-state index < -0.39 is 0 Å². The maximum atomic E-state index is 10.4. The highest BCUT2D eigenvalue weighted by Gasteiger charge is 2.19. The van der Waals surface area contributed by atoms with Crippen molar-refractivity contribution in [2.24, 2.45) is 0 Å². The Morgan fingerprint density at radius 2 is 2.25 bits per heavy atom. The van der Waals surface area contributed by atoms with Gasteiger partial charge in [0, 0.05) is 0 Å². The number of halogens is 1. The van der Waals surface area contributed by atoms with E-state index in [-0.39, 0.29) is 24.2 Å². The standard InChI is InChI=1S/C5H9NO.ClH/c1-4(7)5-2-3-6-5;/h5-6H,2-3H2,1H3;1H. The molecule has 0 bridgehead atoms. The lowest BCUT2D eigenvalue weighted by molar-refractivity contribution is -0.120. The molecular formula is C5H10ClNO. The minimum absolute atomic E-state index is 0. The van der Waals surface area contributed by atoms with Crippen LogP contribution in [0.15, 0.2) is 0 Å². The molecule has 0 amide bonds. The number of ketones is 1. The van der Waals surface area contributed by atoms with Crippen LogP contribution in [0.2, 0.25) is 0 Å². The number of carbonyl (C=O) groups is 1. The molecule has 0 aliphatic carbocycles. The van der Waals surface area contributed by atoms with Gasteiger partial charge in [-0.05, 0) is 19.9 Å². The Morgan fingerprint density at radius 1 is 1.75 bits per heavy atom. The highest BCUT2D eigenvalue weighted by molar-refractivity contribution is 5.85. The fourth-order valence-electron chi connectivity index (χ4n) is 0.636. The first kappa shape index (κ1) is 7.92. The van der Waals surface area contributed by atoms with E-state index in [2.05, 4.69) is 5.32 Å². The molecule has 1 atom stereocenters. The predicted molar refractivity (Wildman–Crippen MR) is 34.3 cm³/mol. The monoisotopic (exact) mass is 135 g/mol. The lowest BCUT2D eigenvalue weighted by Gasteiger charge is -2.24. The molecule has 3 heteroatoms. The normalized spacial score (nSPS) is 25.4. The molecule has 1 N–H and O–H groups in total. The summed E-state index contributed by atoms with van der Waals surface area (Å²) >= 11 is 0. The summed E-state index contributed by atoms with van der Waals surface area (Å²) in [7, 11) is 0. The summed E-state index contributed by atoms with van der Waals surface area (Å²) in [5.74, 6) is 0.270. The summed E-state index contributed by atoms with van der Waals surface area (Å²) in [6, 6.07) is 0.194. The van der Waals surface area contributed by atoms with E-state index in [9.17, 15) is 4.79 Å². The molecule has 1 rings (SSSR count). The lowest BCUT2D eigenvalue weighted by Crippen LogP contribution is -2.47. The van der Waals surface area contributed by atoms with E-state index in [1.807, 2.05) is 0 Å². The van der Waals surface area contributed by atoms with Gasteiger partial charge >= 0.3 is 0 Å². The van der Waals surface area contributed by atoms with E-state index in [1.165, 1.54) is 0 Å². The van der Waals surface area contributed by atoms with Gasteiger partial charge in [-0.2, -0.15) is 0 Å². The Morgan fingerprint density at radius 3 is 2.25 bits per heavy atom. The van der Waals surface area contributed by atoms with Crippen molar-refractivity contribution < 1.29 is 4.79 Å². The zero-order chi connectivity index (χ0) is 5.28. The number of rotatable bonds is 1. The average Bonchev–Trinajstić information content (AvgIpc) is 1.23. The molecular weight excluding hydrogens is 126 g/mol. The number of carbonyl (C=O) groups excluding carboxylic acids is 1. The summed E-state index contributed by atoms with van der Waals surface area (Å²) in [6.07, 6.45) is 1.04. The number of Topliss-reactive ketones (excluding diaryl/α,β-unsaturated/α-hetero) is 1. The molecule has 1 unspecified atom stereocenters. The smallest absolute Gasteiger partial charge is 0.146 e. The summed E-state index contributed by atoms with van der Waals surface area (Å²) in [6.45, 7) is 2.64. The van der Waals surface area contributed by atoms with Crippen LogP contribution in [0.3, 0.4) is 0 Å². The Hall–Kier alpha value is -0.0800. The SMILES string of the molecule is CC(=O)C1CCN1.Cl. The second-order valence-electron chi connectivity index (χ2n) is 1.91. The highest BCUT2D eigenvalue weighted by Crippen LogP contribution is 2.00. The van der Waals surface area contributed by atoms with Gasteiger partial charge in [0.1, 0.15) is 5.78 Å². The second kappa shape index (κ2) is 3.05. The molecule has 8 heavy (non-hydrogen) atoms. The maximum absolute atomic E-state index is 10.4. The highest BCUT2D eigenvalue weighted by atomic mass is 35.5. The Balaban J connectivity index is 0.000000490. The zero-order valence-corrected chi connectivity index (χ0v) is 5.62. The van der Waals surface area contributed by atoms with Gasteiger partial charge in [0.15, 0.2) is 0 Å². The Bertz CT molecular complexity index is 90.4. The van der Waals surface area contributed by atoms with Crippen molar-refractivity contribution in [1.82, 2.24) is 5.32 Å². The van der Waals surface area contributed by atoms with E-state index in [1.54, 1.807) is 6.92 Å². The van der Waals surface area contributed by atoms with Crippen LogP contribution in [-0.2, 0) is 4.79 Å². The molecule has 0 spiro atoms. The summed E-state index contributed by atoms with van der Waals surface area (Å²) in [5.41, 5.74) is 0. The van der Waals surface area contributed by atoms with Gasteiger partial charge in [-0.15, -0.1) is 12.4 Å². The molecule has 1 heterocycles. The number of hydrogen-bond donors (Lipinski definition) is 1. The van der Waals surface area contributed by atoms with Crippen LogP contribution in [0.25, 0.3) is 0 Å². The number of nitrogens with one attached hydrogen (secondary N) is 1. The van der Waals surface area contributed by atoms with Crippen molar-refractivity contribution in [1.29, 1.82) is 0 Å². The Kier molecular flexibility index (Phi) is 3.02. The summed E-state index contributed by atoms with van der Waals surface area (Å²) < 4.78 is 0. The number of hydrogen-bond acceptors (Lipinski definition) is 2. The maximum Gasteiger partial charge on any atom is 0.146 e. The Labute approximate surface area is 55.1 Å². The minimum atomic E-state index is 0. The molecule has 0 aromatic rings. The van der Waals surface area contributed by atoms with Crippen molar-refractivity contribution >= 4 is 18.2 Å². The van der Waals surface area contributed by atoms with Crippen molar-refractivity contribution in [3.8, 4) is 0 Å². The van der Waals surface area contributed by atoms with Gasteiger partial charge in [0.2, 0.25) is 0 Å². The topological polar surface area (TPSA) is 29.1 Å². The van der Waals surface area contributed by atoms with Gasteiger partial charge in [-0.3, -0.25) is 4.79 Å². The molecule has 1 fully saturated rings. The average molecular weight is 136 g/mol. The van der Waals surface area contributed by atoms with E-state index >= 15 is 0 Å². The van der Waals surface area contributed by atoms with Crippen molar-refractivity contribution in [3.05, 3.63) is 0 Å². The third-order valence-corrected chi connectivity index (χ3v) is 1.31. The third kappa shape index (κ3) is 1.46. The molecule has 0 aromatic heterocycles.